The van der Waals surface area contributed by atoms with Gasteiger partial charge in [0.25, 0.3) is 0 Å². The number of hydrogen-bond acceptors (Lipinski definition) is 2. The monoisotopic (exact) mass is 369 g/mol. The van der Waals surface area contributed by atoms with E-state index in [4.69, 9.17) is 0 Å². The topological polar surface area (TPSA) is 37.4 Å². The lowest BCUT2D eigenvalue weighted by Gasteiger charge is -2.26. The number of rotatable bonds is 3. The largest absolute Gasteiger partial charge is 0.417 e. The first kappa shape index (κ1) is 17.9. The molecule has 2 aromatic carbocycles. The molecular weight excluding hydrogens is 351 g/mol. The normalized spacial score (nSPS) is 19.3. The Labute approximate surface area is 145 Å². The smallest absolute Gasteiger partial charge is 0.207 e. The Morgan fingerprint density at radius 2 is 1.68 bits per heavy atom. The number of alkyl halides is 3. The maximum atomic E-state index is 13.2. The van der Waals surface area contributed by atoms with Crippen LogP contribution in [0, 0.1) is 6.92 Å². The highest BCUT2D eigenvalue weighted by Crippen LogP contribution is 2.40. The summed E-state index contributed by atoms with van der Waals surface area (Å²) in [6.07, 6.45) is -3.51. The molecule has 0 bridgehead atoms. The van der Waals surface area contributed by atoms with Crippen LogP contribution in [0.2, 0.25) is 0 Å². The van der Waals surface area contributed by atoms with Gasteiger partial charge in [-0.1, -0.05) is 42.0 Å². The molecule has 0 amide bonds. The van der Waals surface area contributed by atoms with Gasteiger partial charge < -0.3 is 0 Å². The SMILES string of the molecule is Cc1ccc(C2CCCN2S(=O)(=O)c2ccccc2C(F)(F)F)cc1. The van der Waals surface area contributed by atoms with Crippen molar-refractivity contribution in [1.29, 1.82) is 0 Å². The number of nitrogens with zero attached hydrogens (tertiary/aromatic N) is 1. The minimum absolute atomic E-state index is 0.215. The second kappa shape index (κ2) is 6.46. The zero-order valence-electron chi connectivity index (χ0n) is 13.6. The summed E-state index contributed by atoms with van der Waals surface area (Å²) in [5.41, 5.74) is 0.722. The summed E-state index contributed by atoms with van der Waals surface area (Å²) in [5, 5.41) is 0. The van der Waals surface area contributed by atoms with Crippen molar-refractivity contribution in [2.75, 3.05) is 6.54 Å². The molecular formula is C18H18F3NO2S. The lowest BCUT2D eigenvalue weighted by atomic mass is 10.0. The Kier molecular flexibility index (Phi) is 4.64. The van der Waals surface area contributed by atoms with Crippen molar-refractivity contribution in [1.82, 2.24) is 4.31 Å². The predicted octanol–water partition coefficient (Wildman–Crippen LogP) is 4.54. The molecule has 0 aliphatic carbocycles. The van der Waals surface area contributed by atoms with E-state index >= 15 is 0 Å². The van der Waals surface area contributed by atoms with Gasteiger partial charge in [0.1, 0.15) is 0 Å². The molecule has 2 aromatic rings. The molecule has 1 aliphatic heterocycles. The standard InChI is InChI=1S/C18H18F3NO2S/c1-13-8-10-14(11-9-13)16-6-4-12-22(16)25(23,24)17-7-3-2-5-15(17)18(19,20)21/h2-3,5,7-11,16H,4,6,12H2,1H3. The lowest BCUT2D eigenvalue weighted by Crippen LogP contribution is -2.32. The first-order valence-electron chi connectivity index (χ1n) is 7.96. The second-order valence-electron chi connectivity index (χ2n) is 6.18. The van der Waals surface area contributed by atoms with Gasteiger partial charge in [0.05, 0.1) is 16.5 Å². The fourth-order valence-electron chi connectivity index (χ4n) is 3.20. The summed E-state index contributed by atoms with van der Waals surface area (Å²) in [5.74, 6) is 0. The Balaban J connectivity index is 2.04. The van der Waals surface area contributed by atoms with Crippen molar-refractivity contribution in [3.8, 4) is 0 Å². The molecule has 3 rings (SSSR count). The highest BCUT2D eigenvalue weighted by atomic mass is 32.2. The third-order valence-corrected chi connectivity index (χ3v) is 6.41. The number of benzene rings is 2. The van der Waals surface area contributed by atoms with Crippen LogP contribution in [0.4, 0.5) is 13.2 Å². The average molecular weight is 369 g/mol. The van der Waals surface area contributed by atoms with Gasteiger partial charge in [-0.25, -0.2) is 8.42 Å². The Morgan fingerprint density at radius 1 is 1.04 bits per heavy atom. The Bertz CT molecular complexity index is 861. The fraction of sp³-hybridized carbons (Fsp3) is 0.333. The second-order valence-corrected chi connectivity index (χ2v) is 8.04. The van der Waals surface area contributed by atoms with E-state index in [0.717, 1.165) is 23.3 Å². The highest BCUT2D eigenvalue weighted by Gasteiger charge is 2.42. The highest BCUT2D eigenvalue weighted by molar-refractivity contribution is 7.89. The summed E-state index contributed by atoms with van der Waals surface area (Å²) in [6.45, 7) is 2.14. The number of sulfonamides is 1. The minimum Gasteiger partial charge on any atom is -0.207 e. The zero-order valence-corrected chi connectivity index (χ0v) is 14.4. The molecule has 134 valence electrons. The molecule has 1 unspecified atom stereocenters. The van der Waals surface area contributed by atoms with Crippen molar-refractivity contribution in [2.45, 2.75) is 36.9 Å². The van der Waals surface area contributed by atoms with Crippen LogP contribution in [0.5, 0.6) is 0 Å². The van der Waals surface area contributed by atoms with E-state index in [-0.39, 0.29) is 6.54 Å². The van der Waals surface area contributed by atoms with Crippen LogP contribution < -0.4 is 0 Å². The average Bonchev–Trinajstić information content (AvgIpc) is 3.05. The number of hydrogen-bond donors (Lipinski definition) is 0. The van der Waals surface area contributed by atoms with E-state index < -0.39 is 32.7 Å². The first-order valence-corrected chi connectivity index (χ1v) is 9.40. The molecule has 0 aromatic heterocycles. The molecule has 0 spiro atoms. The molecule has 1 heterocycles. The van der Waals surface area contributed by atoms with Crippen LogP contribution in [0.25, 0.3) is 0 Å². The fourth-order valence-corrected chi connectivity index (χ4v) is 5.10. The molecule has 0 N–H and O–H groups in total. The van der Waals surface area contributed by atoms with Gasteiger partial charge in [-0.05, 0) is 37.5 Å². The van der Waals surface area contributed by atoms with Gasteiger partial charge in [0, 0.05) is 6.54 Å². The Morgan fingerprint density at radius 3 is 2.32 bits per heavy atom. The predicted molar refractivity (Wildman–Crippen MR) is 88.5 cm³/mol. The molecule has 1 fully saturated rings. The maximum Gasteiger partial charge on any atom is 0.417 e. The summed E-state index contributed by atoms with van der Waals surface area (Å²) in [6, 6.07) is 11.3. The van der Waals surface area contributed by atoms with E-state index in [9.17, 15) is 21.6 Å². The van der Waals surface area contributed by atoms with Crippen molar-refractivity contribution in [2.24, 2.45) is 0 Å². The Hall–Kier alpha value is -1.86. The van der Waals surface area contributed by atoms with Gasteiger partial charge in [-0.2, -0.15) is 17.5 Å². The van der Waals surface area contributed by atoms with Crippen molar-refractivity contribution >= 4 is 10.0 Å². The van der Waals surface area contributed by atoms with Crippen LogP contribution in [0.3, 0.4) is 0 Å². The molecule has 25 heavy (non-hydrogen) atoms. The molecule has 1 saturated heterocycles. The first-order chi connectivity index (χ1) is 11.7. The quantitative estimate of drug-likeness (QED) is 0.797. The summed E-state index contributed by atoms with van der Waals surface area (Å²) >= 11 is 0. The van der Waals surface area contributed by atoms with Gasteiger partial charge in [0.2, 0.25) is 10.0 Å². The van der Waals surface area contributed by atoms with Gasteiger partial charge >= 0.3 is 6.18 Å². The van der Waals surface area contributed by atoms with E-state index in [0.29, 0.717) is 12.8 Å². The van der Waals surface area contributed by atoms with Gasteiger partial charge in [0.15, 0.2) is 0 Å². The van der Waals surface area contributed by atoms with Crippen molar-refractivity contribution in [3.05, 3.63) is 65.2 Å². The van der Waals surface area contributed by atoms with Crippen LogP contribution in [0.15, 0.2) is 53.4 Å². The van der Waals surface area contributed by atoms with Crippen LogP contribution in [-0.2, 0) is 16.2 Å². The number of aryl methyl sites for hydroxylation is 1. The summed E-state index contributed by atoms with van der Waals surface area (Å²) < 4.78 is 66.9. The van der Waals surface area contributed by atoms with E-state index in [1.807, 2.05) is 31.2 Å². The molecule has 0 saturated carbocycles. The molecule has 0 radical (unpaired) electrons. The molecule has 1 atom stereocenters. The third kappa shape index (κ3) is 3.43. The third-order valence-electron chi connectivity index (χ3n) is 4.44. The van der Waals surface area contributed by atoms with Crippen molar-refractivity contribution < 1.29 is 21.6 Å². The van der Waals surface area contributed by atoms with E-state index in [2.05, 4.69) is 0 Å². The van der Waals surface area contributed by atoms with Crippen LogP contribution in [-0.4, -0.2) is 19.3 Å². The van der Waals surface area contributed by atoms with Gasteiger partial charge in [-0.15, -0.1) is 0 Å². The van der Waals surface area contributed by atoms with Gasteiger partial charge in [-0.3, -0.25) is 0 Å². The van der Waals surface area contributed by atoms with Crippen LogP contribution in [0.1, 0.15) is 35.6 Å². The zero-order chi connectivity index (χ0) is 18.2. The molecule has 3 nitrogen and oxygen atoms in total. The van der Waals surface area contributed by atoms with Crippen molar-refractivity contribution in [3.63, 3.8) is 0 Å². The maximum absolute atomic E-state index is 13.2. The molecule has 7 heteroatoms. The lowest BCUT2D eigenvalue weighted by molar-refractivity contribution is -0.139. The molecule has 1 aliphatic rings. The summed E-state index contributed by atoms with van der Waals surface area (Å²) in [4.78, 5) is -0.679. The van der Waals surface area contributed by atoms with E-state index in [1.165, 1.54) is 16.4 Å². The minimum atomic E-state index is -4.72. The van der Waals surface area contributed by atoms with Crippen LogP contribution >= 0.6 is 0 Å². The number of halogens is 3. The summed E-state index contributed by atoms with van der Waals surface area (Å²) in [7, 11) is -4.25. The van der Waals surface area contributed by atoms with E-state index in [1.54, 1.807) is 0 Å².